The molecular formula is C6H4N3O. The van der Waals surface area contributed by atoms with Crippen LogP contribution in [0.15, 0.2) is 18.2 Å². The van der Waals surface area contributed by atoms with E-state index < -0.39 is 0 Å². The van der Waals surface area contributed by atoms with Crippen LogP contribution in [-0.2, 0) is 0 Å². The summed E-state index contributed by atoms with van der Waals surface area (Å²) in [6.45, 7) is 0. The predicted molar refractivity (Wildman–Crippen MR) is 33.5 cm³/mol. The maximum atomic E-state index is 8.93. The molecule has 1 radical (unpaired) electrons. The number of rotatable bonds is 0. The van der Waals surface area contributed by atoms with Gasteiger partial charge in [-0.2, -0.15) is 0 Å². The number of benzene rings is 1. The second kappa shape index (κ2) is 1.70. The van der Waals surface area contributed by atoms with Crippen molar-refractivity contribution in [1.29, 1.82) is 0 Å². The van der Waals surface area contributed by atoms with Crippen molar-refractivity contribution in [2.45, 2.75) is 0 Å². The van der Waals surface area contributed by atoms with Crippen molar-refractivity contribution in [2.24, 2.45) is 0 Å². The standard InChI is InChI=1S/C6H4N3O/c10-9-6-4-2-1-3-5(6)7-8-9/h1-2,4,10H. The van der Waals surface area contributed by atoms with Gasteiger partial charge in [-0.15, -0.1) is 5.10 Å². The lowest BCUT2D eigenvalue weighted by atomic mass is 10.3. The lowest BCUT2D eigenvalue weighted by Gasteiger charge is -1.85. The zero-order valence-electron chi connectivity index (χ0n) is 5.02. The van der Waals surface area contributed by atoms with E-state index in [0.29, 0.717) is 11.0 Å². The van der Waals surface area contributed by atoms with Crippen LogP contribution < -0.4 is 0 Å². The number of hydrogen-bond donors (Lipinski definition) is 1. The minimum atomic E-state index is 0.572. The number of fused-ring (bicyclic) bond motifs is 1. The van der Waals surface area contributed by atoms with E-state index in [0.717, 1.165) is 4.85 Å². The average Bonchev–Trinajstić information content (AvgIpc) is 2.34. The highest BCUT2D eigenvalue weighted by Gasteiger charge is 1.98. The highest BCUT2D eigenvalue weighted by Crippen LogP contribution is 2.05. The van der Waals surface area contributed by atoms with Crippen LogP contribution in [0.3, 0.4) is 0 Å². The second-order valence-electron chi connectivity index (χ2n) is 1.88. The topological polar surface area (TPSA) is 50.9 Å². The van der Waals surface area contributed by atoms with Crippen LogP contribution in [0.4, 0.5) is 0 Å². The summed E-state index contributed by atoms with van der Waals surface area (Å²) in [6, 6.07) is 8.01. The van der Waals surface area contributed by atoms with Crippen molar-refractivity contribution in [3.63, 3.8) is 0 Å². The van der Waals surface area contributed by atoms with E-state index in [-0.39, 0.29) is 0 Å². The third-order valence-corrected chi connectivity index (χ3v) is 1.26. The smallest absolute Gasteiger partial charge is 0.131 e. The van der Waals surface area contributed by atoms with Gasteiger partial charge in [0.05, 0.1) is 0 Å². The Morgan fingerprint density at radius 3 is 3.30 bits per heavy atom. The van der Waals surface area contributed by atoms with Crippen LogP contribution in [0, 0.1) is 6.07 Å². The third-order valence-electron chi connectivity index (χ3n) is 1.26. The summed E-state index contributed by atoms with van der Waals surface area (Å²) in [5, 5.41) is 15.9. The lowest BCUT2D eigenvalue weighted by Crippen LogP contribution is -1.90. The largest absolute Gasteiger partial charge is 0.410 e. The van der Waals surface area contributed by atoms with Crippen LogP contribution in [0.25, 0.3) is 11.0 Å². The molecule has 1 aromatic heterocycles. The molecule has 1 heterocycles. The maximum absolute atomic E-state index is 8.93. The van der Waals surface area contributed by atoms with Crippen molar-refractivity contribution in [1.82, 2.24) is 15.2 Å². The molecule has 4 nitrogen and oxygen atoms in total. The van der Waals surface area contributed by atoms with Crippen molar-refractivity contribution >= 4 is 11.0 Å². The van der Waals surface area contributed by atoms with Gasteiger partial charge in [0.25, 0.3) is 0 Å². The summed E-state index contributed by atoms with van der Waals surface area (Å²) in [4.78, 5) is 0.728. The molecule has 4 heteroatoms. The average molecular weight is 134 g/mol. The minimum absolute atomic E-state index is 0.572. The first-order chi connectivity index (χ1) is 4.88. The summed E-state index contributed by atoms with van der Waals surface area (Å²) < 4.78 is 0. The molecule has 0 fully saturated rings. The van der Waals surface area contributed by atoms with Gasteiger partial charge in [-0.3, -0.25) is 0 Å². The maximum Gasteiger partial charge on any atom is 0.131 e. The molecule has 49 valence electrons. The normalized spacial score (nSPS) is 10.4. The van der Waals surface area contributed by atoms with Gasteiger partial charge >= 0.3 is 0 Å². The SMILES string of the molecule is On1nnc2[c]cccc21. The van der Waals surface area contributed by atoms with Gasteiger partial charge in [0.15, 0.2) is 0 Å². The Morgan fingerprint density at radius 1 is 1.60 bits per heavy atom. The number of hydrogen-bond acceptors (Lipinski definition) is 3. The molecule has 0 saturated carbocycles. The van der Waals surface area contributed by atoms with Gasteiger partial charge in [-0.25, -0.2) is 0 Å². The summed E-state index contributed by atoms with van der Waals surface area (Å²) in [5.74, 6) is 0. The van der Waals surface area contributed by atoms with E-state index in [4.69, 9.17) is 5.21 Å². The van der Waals surface area contributed by atoms with Gasteiger partial charge in [0.1, 0.15) is 11.0 Å². The Labute approximate surface area is 56.7 Å². The molecule has 2 rings (SSSR count). The molecular weight excluding hydrogens is 130 g/mol. The van der Waals surface area contributed by atoms with Crippen LogP contribution in [-0.4, -0.2) is 20.4 Å². The third kappa shape index (κ3) is 0.556. The summed E-state index contributed by atoms with van der Waals surface area (Å²) in [6.07, 6.45) is 0. The first kappa shape index (κ1) is 5.22. The minimum Gasteiger partial charge on any atom is -0.410 e. The van der Waals surface area contributed by atoms with E-state index in [1.165, 1.54) is 0 Å². The Morgan fingerprint density at radius 2 is 2.50 bits per heavy atom. The molecule has 0 aliphatic carbocycles. The van der Waals surface area contributed by atoms with Gasteiger partial charge in [0, 0.05) is 6.07 Å². The predicted octanol–water partition coefficient (Wildman–Crippen LogP) is 0.469. The summed E-state index contributed by atoms with van der Waals surface area (Å²) >= 11 is 0. The Kier molecular flexibility index (Phi) is 0.887. The van der Waals surface area contributed by atoms with Gasteiger partial charge in [-0.05, 0) is 11.3 Å². The fourth-order valence-electron chi connectivity index (χ4n) is 0.796. The fourth-order valence-corrected chi connectivity index (χ4v) is 0.796. The Balaban J connectivity index is 2.93. The van der Waals surface area contributed by atoms with E-state index in [2.05, 4.69) is 16.4 Å². The molecule has 0 saturated heterocycles. The monoisotopic (exact) mass is 134 g/mol. The molecule has 0 aliphatic heterocycles. The second-order valence-corrected chi connectivity index (χ2v) is 1.88. The molecule has 0 amide bonds. The van der Waals surface area contributed by atoms with Crippen LogP contribution in [0.5, 0.6) is 0 Å². The molecule has 0 bridgehead atoms. The van der Waals surface area contributed by atoms with Gasteiger partial charge < -0.3 is 5.21 Å². The highest BCUT2D eigenvalue weighted by atomic mass is 16.5. The highest BCUT2D eigenvalue weighted by molar-refractivity contribution is 5.72. The number of aromatic nitrogens is 3. The van der Waals surface area contributed by atoms with Crippen molar-refractivity contribution in [3.8, 4) is 0 Å². The Bertz CT molecular complexity index is 355. The first-order valence-corrected chi connectivity index (χ1v) is 2.79. The van der Waals surface area contributed by atoms with Crippen molar-refractivity contribution < 1.29 is 5.21 Å². The molecule has 0 unspecified atom stereocenters. The lowest BCUT2D eigenvalue weighted by molar-refractivity contribution is 0.155. The van der Waals surface area contributed by atoms with Crippen LogP contribution in [0.1, 0.15) is 0 Å². The van der Waals surface area contributed by atoms with Crippen LogP contribution in [0.2, 0.25) is 0 Å². The van der Waals surface area contributed by atoms with E-state index in [1.807, 2.05) is 0 Å². The van der Waals surface area contributed by atoms with Crippen molar-refractivity contribution in [2.75, 3.05) is 0 Å². The molecule has 0 spiro atoms. The zero-order valence-corrected chi connectivity index (χ0v) is 5.02. The molecule has 2 aromatic rings. The van der Waals surface area contributed by atoms with E-state index >= 15 is 0 Å². The Hall–Kier alpha value is -1.58. The van der Waals surface area contributed by atoms with E-state index in [9.17, 15) is 0 Å². The number of nitrogens with zero attached hydrogens (tertiary/aromatic N) is 3. The van der Waals surface area contributed by atoms with Gasteiger partial charge in [0.2, 0.25) is 0 Å². The molecule has 0 aliphatic rings. The molecule has 1 N–H and O–H groups in total. The van der Waals surface area contributed by atoms with Gasteiger partial charge in [-0.1, -0.05) is 17.0 Å². The fraction of sp³-hybridized carbons (Fsp3) is 0. The molecule has 10 heavy (non-hydrogen) atoms. The van der Waals surface area contributed by atoms with Crippen LogP contribution >= 0.6 is 0 Å². The summed E-state index contributed by atoms with van der Waals surface area (Å²) in [7, 11) is 0. The quantitative estimate of drug-likeness (QED) is 0.533. The molecule has 1 aromatic carbocycles. The van der Waals surface area contributed by atoms with E-state index in [1.54, 1.807) is 18.2 Å². The molecule has 0 atom stereocenters. The summed E-state index contributed by atoms with van der Waals surface area (Å²) in [5.41, 5.74) is 1.15. The first-order valence-electron chi connectivity index (χ1n) is 2.79. The van der Waals surface area contributed by atoms with Crippen molar-refractivity contribution in [3.05, 3.63) is 24.3 Å². The zero-order chi connectivity index (χ0) is 6.97.